The molecule has 0 saturated carbocycles. The molecule has 3 rings (SSSR count). The Kier molecular flexibility index (Phi) is 4.46. The molecule has 8 heteroatoms. The molecule has 2 N–H and O–H groups in total. The second kappa shape index (κ2) is 6.86. The fourth-order valence-corrected chi connectivity index (χ4v) is 2.23. The van der Waals surface area contributed by atoms with Crippen LogP contribution in [0.3, 0.4) is 0 Å². The van der Waals surface area contributed by atoms with E-state index in [0.29, 0.717) is 5.69 Å². The van der Waals surface area contributed by atoms with Crippen molar-refractivity contribution in [2.75, 3.05) is 11.9 Å². The van der Waals surface area contributed by atoms with Gasteiger partial charge in [-0.15, -0.1) is 0 Å². The summed E-state index contributed by atoms with van der Waals surface area (Å²) in [6, 6.07) is 5.53. The fourth-order valence-electron chi connectivity index (χ4n) is 2.23. The molecule has 122 valence electrons. The maximum Gasteiger partial charge on any atom is 0.271 e. The topological polar surface area (TPSA) is 102 Å². The van der Waals surface area contributed by atoms with Crippen molar-refractivity contribution in [3.63, 3.8) is 0 Å². The maximum atomic E-state index is 12.0. The fraction of sp³-hybridized carbons (Fsp3) is 0.188. The predicted octanol–water partition coefficient (Wildman–Crippen LogP) is 1.12. The summed E-state index contributed by atoms with van der Waals surface area (Å²) in [5.74, 6) is -0.546. The van der Waals surface area contributed by atoms with Crippen LogP contribution in [0.2, 0.25) is 0 Å². The molecule has 3 aromatic rings. The van der Waals surface area contributed by atoms with Crippen LogP contribution in [0.1, 0.15) is 16.9 Å². The number of carbonyl (C=O) groups excluding carboxylic acids is 2. The zero-order chi connectivity index (χ0) is 16.9. The average molecular weight is 324 g/mol. The number of rotatable bonds is 5. The van der Waals surface area contributed by atoms with Crippen molar-refractivity contribution < 1.29 is 9.59 Å². The molecule has 8 nitrogen and oxygen atoms in total. The van der Waals surface area contributed by atoms with Gasteiger partial charge in [0.05, 0.1) is 23.6 Å². The summed E-state index contributed by atoms with van der Waals surface area (Å²) in [4.78, 5) is 35.7. The summed E-state index contributed by atoms with van der Waals surface area (Å²) < 4.78 is 1.91. The van der Waals surface area contributed by atoms with Crippen molar-refractivity contribution in [2.45, 2.75) is 6.42 Å². The molecule has 2 aromatic heterocycles. The van der Waals surface area contributed by atoms with Crippen molar-refractivity contribution in [3.05, 3.63) is 48.8 Å². The summed E-state index contributed by atoms with van der Waals surface area (Å²) in [7, 11) is 1.91. The van der Waals surface area contributed by atoms with E-state index in [9.17, 15) is 9.59 Å². The lowest BCUT2D eigenvalue weighted by atomic mass is 10.2. The number of fused-ring (bicyclic) bond motifs is 1. The van der Waals surface area contributed by atoms with Crippen molar-refractivity contribution in [1.82, 2.24) is 24.8 Å². The Morgan fingerprint density at radius 2 is 2.08 bits per heavy atom. The van der Waals surface area contributed by atoms with Gasteiger partial charge in [-0.2, -0.15) is 0 Å². The summed E-state index contributed by atoms with van der Waals surface area (Å²) in [5.41, 5.74) is 2.69. The molecular formula is C16H16N6O2. The highest BCUT2D eigenvalue weighted by molar-refractivity contribution is 5.94. The van der Waals surface area contributed by atoms with Crippen LogP contribution in [0, 0.1) is 0 Å². The number of aromatic nitrogens is 4. The Hall–Kier alpha value is -3.29. The number of nitrogens with one attached hydrogen (secondary N) is 2. The van der Waals surface area contributed by atoms with Gasteiger partial charge in [0, 0.05) is 38.1 Å². The van der Waals surface area contributed by atoms with Crippen LogP contribution in [0.5, 0.6) is 0 Å². The Balaban J connectivity index is 1.51. The first-order chi connectivity index (χ1) is 11.6. The zero-order valence-corrected chi connectivity index (χ0v) is 13.1. The Bertz CT molecular complexity index is 875. The molecule has 0 atom stereocenters. The predicted molar refractivity (Wildman–Crippen MR) is 88.3 cm³/mol. The van der Waals surface area contributed by atoms with Crippen LogP contribution in [-0.4, -0.2) is 37.9 Å². The standard InChI is InChI=1S/C16H16N6O2/c1-22-10-20-12-8-11(2-3-14(12)22)21-15(23)4-5-19-16(24)13-9-17-6-7-18-13/h2-3,6-10H,4-5H2,1H3,(H,19,24)(H,21,23). The van der Waals surface area contributed by atoms with E-state index in [1.54, 1.807) is 6.33 Å². The highest BCUT2D eigenvalue weighted by atomic mass is 16.2. The molecule has 0 bridgehead atoms. The Labute approximate surface area is 137 Å². The lowest BCUT2D eigenvalue weighted by Gasteiger charge is -2.06. The van der Waals surface area contributed by atoms with Gasteiger partial charge in [0.25, 0.3) is 5.91 Å². The molecule has 0 aliphatic carbocycles. The van der Waals surface area contributed by atoms with Gasteiger partial charge in [0.1, 0.15) is 5.69 Å². The SMILES string of the molecule is Cn1cnc2cc(NC(=O)CCNC(=O)c3cnccn3)ccc21. The number of nitrogens with zero attached hydrogens (tertiary/aromatic N) is 4. The van der Waals surface area contributed by atoms with Gasteiger partial charge < -0.3 is 15.2 Å². The molecule has 1 aromatic carbocycles. The third-order valence-corrected chi connectivity index (χ3v) is 3.44. The van der Waals surface area contributed by atoms with E-state index in [2.05, 4.69) is 25.6 Å². The van der Waals surface area contributed by atoms with Crippen molar-refractivity contribution in [1.29, 1.82) is 0 Å². The lowest BCUT2D eigenvalue weighted by molar-refractivity contribution is -0.116. The van der Waals surface area contributed by atoms with E-state index in [1.807, 2.05) is 29.8 Å². The molecule has 0 fully saturated rings. The molecule has 0 spiro atoms. The second-order valence-corrected chi connectivity index (χ2v) is 5.20. The van der Waals surface area contributed by atoms with Crippen LogP contribution in [0.4, 0.5) is 5.69 Å². The average Bonchev–Trinajstić information content (AvgIpc) is 2.96. The van der Waals surface area contributed by atoms with Gasteiger partial charge in [-0.05, 0) is 18.2 Å². The molecule has 2 heterocycles. The minimum absolute atomic E-state index is 0.159. The first-order valence-electron chi connectivity index (χ1n) is 7.38. The smallest absolute Gasteiger partial charge is 0.271 e. The molecule has 0 aliphatic heterocycles. The summed E-state index contributed by atoms with van der Waals surface area (Å²) in [6.07, 6.45) is 6.18. The number of anilines is 1. The van der Waals surface area contributed by atoms with Gasteiger partial charge in [-0.25, -0.2) is 9.97 Å². The van der Waals surface area contributed by atoms with Crippen molar-refractivity contribution in [3.8, 4) is 0 Å². The molecule has 0 radical (unpaired) electrons. The first kappa shape index (κ1) is 15.6. The molecule has 0 unspecified atom stereocenters. The number of benzene rings is 1. The lowest BCUT2D eigenvalue weighted by Crippen LogP contribution is -2.28. The number of aryl methyl sites for hydroxylation is 1. The van der Waals surface area contributed by atoms with Crippen LogP contribution < -0.4 is 10.6 Å². The number of carbonyl (C=O) groups is 2. The van der Waals surface area contributed by atoms with Gasteiger partial charge in [0.15, 0.2) is 0 Å². The molecule has 24 heavy (non-hydrogen) atoms. The van der Waals surface area contributed by atoms with E-state index in [1.165, 1.54) is 18.6 Å². The molecule has 0 saturated heterocycles. The Morgan fingerprint density at radius 3 is 2.88 bits per heavy atom. The van der Waals surface area contributed by atoms with Crippen LogP contribution in [-0.2, 0) is 11.8 Å². The van der Waals surface area contributed by atoms with Crippen molar-refractivity contribution in [2.24, 2.45) is 7.05 Å². The van der Waals surface area contributed by atoms with Gasteiger partial charge in [-0.1, -0.05) is 0 Å². The quantitative estimate of drug-likeness (QED) is 0.732. The minimum Gasteiger partial charge on any atom is -0.350 e. The minimum atomic E-state index is -0.356. The van der Waals surface area contributed by atoms with Crippen molar-refractivity contribution >= 4 is 28.5 Å². The first-order valence-corrected chi connectivity index (χ1v) is 7.38. The third-order valence-electron chi connectivity index (χ3n) is 3.44. The van der Waals surface area contributed by atoms with E-state index >= 15 is 0 Å². The number of imidazole rings is 1. The number of hydrogen-bond acceptors (Lipinski definition) is 5. The van der Waals surface area contributed by atoms with Gasteiger partial charge >= 0.3 is 0 Å². The van der Waals surface area contributed by atoms with Gasteiger partial charge in [-0.3, -0.25) is 14.6 Å². The zero-order valence-electron chi connectivity index (χ0n) is 13.1. The van der Waals surface area contributed by atoms with E-state index in [4.69, 9.17) is 0 Å². The molecule has 2 amide bonds. The van der Waals surface area contributed by atoms with E-state index < -0.39 is 0 Å². The van der Waals surface area contributed by atoms with Crippen LogP contribution in [0.25, 0.3) is 11.0 Å². The Morgan fingerprint density at radius 1 is 1.21 bits per heavy atom. The van der Waals surface area contributed by atoms with E-state index in [-0.39, 0.29) is 30.5 Å². The second-order valence-electron chi connectivity index (χ2n) is 5.20. The maximum absolute atomic E-state index is 12.0. The summed E-state index contributed by atoms with van der Waals surface area (Å²) in [6.45, 7) is 0.215. The number of hydrogen-bond donors (Lipinski definition) is 2. The highest BCUT2D eigenvalue weighted by Gasteiger charge is 2.08. The third kappa shape index (κ3) is 3.54. The monoisotopic (exact) mass is 324 g/mol. The van der Waals surface area contributed by atoms with Crippen LogP contribution in [0.15, 0.2) is 43.1 Å². The van der Waals surface area contributed by atoms with Gasteiger partial charge in [0.2, 0.25) is 5.91 Å². The summed E-state index contributed by atoms with van der Waals surface area (Å²) in [5, 5.41) is 5.42. The largest absolute Gasteiger partial charge is 0.350 e. The van der Waals surface area contributed by atoms with E-state index in [0.717, 1.165) is 11.0 Å². The normalized spacial score (nSPS) is 10.5. The molecule has 0 aliphatic rings. The molecular weight excluding hydrogens is 308 g/mol. The number of amides is 2. The summed E-state index contributed by atoms with van der Waals surface area (Å²) >= 11 is 0. The van der Waals surface area contributed by atoms with Crippen LogP contribution >= 0.6 is 0 Å². The highest BCUT2D eigenvalue weighted by Crippen LogP contribution is 2.17.